The van der Waals surface area contributed by atoms with Crippen LogP contribution in [0.15, 0.2) is 56.8 Å². The summed E-state index contributed by atoms with van der Waals surface area (Å²) in [4.78, 5) is 27.2. The van der Waals surface area contributed by atoms with E-state index in [1.807, 2.05) is 24.3 Å². The largest absolute Gasteiger partial charge is 0.375 e. The molecule has 27 heavy (non-hydrogen) atoms. The summed E-state index contributed by atoms with van der Waals surface area (Å²) >= 11 is 2.73. The maximum atomic E-state index is 11.4. The topological polar surface area (TPSA) is 107 Å². The lowest BCUT2D eigenvalue weighted by Crippen LogP contribution is -2.22. The van der Waals surface area contributed by atoms with E-state index in [2.05, 4.69) is 20.2 Å². The number of nitro groups is 1. The van der Waals surface area contributed by atoms with Gasteiger partial charge in [-0.2, -0.15) is 5.10 Å². The fourth-order valence-corrected chi connectivity index (χ4v) is 4.28. The number of hydrogen-bond donors (Lipinski definition) is 1. The number of methoxy groups -OCH3 is 1. The predicted octanol–water partition coefficient (Wildman–Crippen LogP) is 3.45. The number of rotatable bonds is 7. The number of nitrogens with one attached hydrogen (secondary N) is 1. The fraction of sp³-hybridized carbons (Fsp3) is 0.118. The van der Waals surface area contributed by atoms with Crippen LogP contribution < -0.4 is 5.43 Å². The highest BCUT2D eigenvalue weighted by atomic mass is 32.2. The molecule has 0 aliphatic heterocycles. The van der Waals surface area contributed by atoms with Crippen LogP contribution in [0.2, 0.25) is 0 Å². The van der Waals surface area contributed by atoms with Crippen LogP contribution in [0, 0.1) is 10.1 Å². The molecule has 0 saturated carbocycles. The molecule has 3 rings (SSSR count). The van der Waals surface area contributed by atoms with Crippen LogP contribution in [0.5, 0.6) is 0 Å². The Balaban J connectivity index is 1.80. The third-order valence-corrected chi connectivity index (χ3v) is 5.49. The van der Waals surface area contributed by atoms with Gasteiger partial charge in [0.05, 0.1) is 26.3 Å². The fourth-order valence-electron chi connectivity index (χ4n) is 2.17. The molecule has 1 aromatic heterocycles. The summed E-state index contributed by atoms with van der Waals surface area (Å²) in [7, 11) is 1.40. The minimum absolute atomic E-state index is 0.0496. The third kappa shape index (κ3) is 4.88. The molecule has 3 aromatic rings. The van der Waals surface area contributed by atoms with E-state index in [9.17, 15) is 14.9 Å². The summed E-state index contributed by atoms with van der Waals surface area (Å²) in [5, 5.41) is 15.2. The summed E-state index contributed by atoms with van der Waals surface area (Å²) < 4.78 is 6.42. The van der Waals surface area contributed by atoms with E-state index in [0.29, 0.717) is 10.5 Å². The molecule has 0 fully saturated rings. The average molecular weight is 402 g/mol. The average Bonchev–Trinajstić information content (AvgIpc) is 3.05. The van der Waals surface area contributed by atoms with Crippen molar-refractivity contribution in [3.63, 3.8) is 0 Å². The van der Waals surface area contributed by atoms with Crippen molar-refractivity contribution in [1.29, 1.82) is 0 Å². The van der Waals surface area contributed by atoms with Crippen LogP contribution >= 0.6 is 23.1 Å². The normalized spacial score (nSPS) is 11.1. The van der Waals surface area contributed by atoms with Gasteiger partial charge in [-0.3, -0.25) is 14.9 Å². The van der Waals surface area contributed by atoms with Crippen LogP contribution in [-0.2, 0) is 9.53 Å². The summed E-state index contributed by atoms with van der Waals surface area (Å²) in [5.41, 5.74) is 3.58. The number of nitro benzene ring substituents is 1. The Kier molecular flexibility index (Phi) is 6.12. The van der Waals surface area contributed by atoms with E-state index in [4.69, 9.17) is 0 Å². The molecule has 0 aliphatic carbocycles. The molecule has 10 heteroatoms. The second-order valence-corrected chi connectivity index (χ2v) is 7.58. The van der Waals surface area contributed by atoms with E-state index in [0.717, 1.165) is 14.6 Å². The lowest BCUT2D eigenvalue weighted by atomic mass is 10.2. The number of carbonyl (C=O) groups is 1. The Bertz CT molecular complexity index is 986. The van der Waals surface area contributed by atoms with Crippen molar-refractivity contribution >= 4 is 51.1 Å². The first-order chi connectivity index (χ1) is 13.1. The van der Waals surface area contributed by atoms with Crippen LogP contribution in [0.1, 0.15) is 5.56 Å². The van der Waals surface area contributed by atoms with E-state index in [1.54, 1.807) is 12.1 Å². The zero-order valence-corrected chi connectivity index (χ0v) is 15.8. The number of benzene rings is 2. The number of para-hydroxylation sites is 1. The van der Waals surface area contributed by atoms with Gasteiger partial charge in [-0.05, 0) is 18.2 Å². The lowest BCUT2D eigenvalue weighted by Gasteiger charge is -2.02. The highest BCUT2D eigenvalue weighted by molar-refractivity contribution is 8.01. The lowest BCUT2D eigenvalue weighted by molar-refractivity contribution is -0.387. The minimum Gasteiger partial charge on any atom is -0.375 e. The van der Waals surface area contributed by atoms with E-state index in [-0.39, 0.29) is 12.3 Å². The van der Waals surface area contributed by atoms with Gasteiger partial charge in [0.15, 0.2) is 4.34 Å². The highest BCUT2D eigenvalue weighted by Crippen LogP contribution is 2.38. The Hall–Kier alpha value is -2.82. The van der Waals surface area contributed by atoms with Crippen molar-refractivity contribution in [1.82, 2.24) is 10.4 Å². The van der Waals surface area contributed by atoms with Crippen LogP contribution in [0.25, 0.3) is 10.2 Å². The monoisotopic (exact) mass is 402 g/mol. The standard InChI is InChI=1S/C17H14N4O4S2/c1-25-10-16(22)20-18-9-11-6-7-15(13(8-11)21(23)24)27-17-19-12-4-2-3-5-14(12)26-17/h2-9H,10H2,1H3,(H,20,22). The second-order valence-electron chi connectivity index (χ2n) is 5.26. The number of aromatic nitrogens is 1. The predicted molar refractivity (Wildman–Crippen MR) is 104 cm³/mol. The SMILES string of the molecule is COCC(=O)NN=Cc1ccc(Sc2nc3ccccc3s2)c([N+](=O)[O-])c1. The number of hydrogen-bond acceptors (Lipinski definition) is 8. The molecule has 2 aromatic carbocycles. The summed E-state index contributed by atoms with van der Waals surface area (Å²) in [5.74, 6) is -0.411. The molecule has 1 heterocycles. The molecule has 0 radical (unpaired) electrons. The number of nitrogens with zero attached hydrogens (tertiary/aromatic N) is 3. The number of amides is 1. The van der Waals surface area contributed by atoms with Gasteiger partial charge in [-0.15, -0.1) is 11.3 Å². The molecule has 0 aliphatic rings. The smallest absolute Gasteiger partial charge is 0.283 e. The molecule has 0 bridgehead atoms. The quantitative estimate of drug-likeness (QED) is 0.368. The number of thiazole rings is 1. The summed E-state index contributed by atoms with van der Waals surface area (Å²) in [6.45, 7) is -0.116. The molecular formula is C17H14N4O4S2. The van der Waals surface area contributed by atoms with Crippen molar-refractivity contribution in [2.45, 2.75) is 9.24 Å². The molecule has 138 valence electrons. The second kappa shape index (κ2) is 8.71. The first-order valence-corrected chi connectivity index (χ1v) is 9.33. The van der Waals surface area contributed by atoms with E-state index < -0.39 is 10.8 Å². The Morgan fingerprint density at radius 3 is 2.96 bits per heavy atom. The molecule has 1 amide bonds. The first kappa shape index (κ1) is 19.0. The van der Waals surface area contributed by atoms with Gasteiger partial charge in [0.1, 0.15) is 6.61 Å². The van der Waals surface area contributed by atoms with Gasteiger partial charge in [0.2, 0.25) is 0 Å². The number of ether oxygens (including phenoxy) is 1. The molecule has 0 unspecified atom stereocenters. The number of hydrazone groups is 1. The van der Waals surface area contributed by atoms with Crippen molar-refractivity contribution in [2.24, 2.45) is 5.10 Å². The molecule has 0 atom stereocenters. The van der Waals surface area contributed by atoms with Crippen LogP contribution in [-0.4, -0.2) is 35.7 Å². The van der Waals surface area contributed by atoms with Gasteiger partial charge in [-0.1, -0.05) is 30.0 Å². The zero-order chi connectivity index (χ0) is 19.2. The van der Waals surface area contributed by atoms with Gasteiger partial charge in [0, 0.05) is 18.7 Å². The van der Waals surface area contributed by atoms with Crippen molar-refractivity contribution in [2.75, 3.05) is 13.7 Å². The van der Waals surface area contributed by atoms with Crippen LogP contribution in [0.4, 0.5) is 5.69 Å². The van der Waals surface area contributed by atoms with E-state index >= 15 is 0 Å². The van der Waals surface area contributed by atoms with Crippen molar-refractivity contribution in [3.8, 4) is 0 Å². The molecule has 0 spiro atoms. The Labute approximate surface area is 162 Å². The zero-order valence-electron chi connectivity index (χ0n) is 14.1. The minimum atomic E-state index is -0.448. The maximum Gasteiger partial charge on any atom is 0.283 e. The molecule has 1 N–H and O–H groups in total. The van der Waals surface area contributed by atoms with Gasteiger partial charge < -0.3 is 4.74 Å². The van der Waals surface area contributed by atoms with Crippen molar-refractivity contribution < 1.29 is 14.5 Å². The summed E-state index contributed by atoms with van der Waals surface area (Å²) in [6.07, 6.45) is 1.34. The molecule has 8 nitrogen and oxygen atoms in total. The molecule has 0 saturated heterocycles. The van der Waals surface area contributed by atoms with E-state index in [1.165, 1.54) is 42.5 Å². The van der Waals surface area contributed by atoms with Gasteiger partial charge in [-0.25, -0.2) is 10.4 Å². The number of fused-ring (bicyclic) bond motifs is 1. The first-order valence-electron chi connectivity index (χ1n) is 7.69. The third-order valence-electron chi connectivity index (χ3n) is 3.33. The van der Waals surface area contributed by atoms with Gasteiger partial charge >= 0.3 is 0 Å². The highest BCUT2D eigenvalue weighted by Gasteiger charge is 2.17. The van der Waals surface area contributed by atoms with Gasteiger partial charge in [0.25, 0.3) is 11.6 Å². The van der Waals surface area contributed by atoms with Crippen LogP contribution in [0.3, 0.4) is 0 Å². The maximum absolute atomic E-state index is 11.4. The van der Waals surface area contributed by atoms with Crippen molar-refractivity contribution in [3.05, 3.63) is 58.1 Å². The summed E-state index contributed by atoms with van der Waals surface area (Å²) in [6, 6.07) is 12.4. The number of carbonyl (C=O) groups excluding carboxylic acids is 1. The molecular weight excluding hydrogens is 388 g/mol. The Morgan fingerprint density at radius 2 is 2.22 bits per heavy atom. The Morgan fingerprint density at radius 1 is 1.41 bits per heavy atom.